The lowest BCUT2D eigenvalue weighted by Gasteiger charge is -2.18. The van der Waals surface area contributed by atoms with Crippen LogP contribution in [0.5, 0.6) is 0 Å². The third kappa shape index (κ3) is 2.41. The molecule has 1 fully saturated rings. The van der Waals surface area contributed by atoms with Crippen LogP contribution in [0.1, 0.15) is 56.5 Å². The van der Waals surface area contributed by atoms with Crippen molar-refractivity contribution >= 4 is 0 Å². The third-order valence-corrected chi connectivity index (χ3v) is 4.02. The number of hydrogen-bond donors (Lipinski definition) is 1. The lowest BCUT2D eigenvalue weighted by atomic mass is 9.89. The van der Waals surface area contributed by atoms with Crippen LogP contribution >= 0.6 is 0 Å². The SMILES string of the molecule is CCc1cc(-c2n[nH]c(C3CCCCC3)n2)n(C)n1. The van der Waals surface area contributed by atoms with Gasteiger partial charge in [0.05, 0.1) is 5.69 Å². The average molecular weight is 259 g/mol. The van der Waals surface area contributed by atoms with Crippen LogP contribution in [0.25, 0.3) is 11.5 Å². The van der Waals surface area contributed by atoms with E-state index in [9.17, 15) is 0 Å². The van der Waals surface area contributed by atoms with Crippen LogP contribution in [0.3, 0.4) is 0 Å². The molecule has 2 heterocycles. The van der Waals surface area contributed by atoms with Gasteiger partial charge in [-0.2, -0.15) is 10.2 Å². The van der Waals surface area contributed by atoms with Gasteiger partial charge in [0, 0.05) is 13.0 Å². The number of aromatic nitrogens is 5. The summed E-state index contributed by atoms with van der Waals surface area (Å²) in [4.78, 5) is 4.69. The maximum atomic E-state index is 4.69. The fourth-order valence-electron chi connectivity index (χ4n) is 2.86. The molecule has 2 aromatic rings. The van der Waals surface area contributed by atoms with E-state index in [1.807, 2.05) is 11.7 Å². The lowest BCUT2D eigenvalue weighted by molar-refractivity contribution is 0.429. The van der Waals surface area contributed by atoms with Gasteiger partial charge >= 0.3 is 0 Å². The van der Waals surface area contributed by atoms with E-state index in [1.165, 1.54) is 32.1 Å². The number of aromatic amines is 1. The number of hydrogen-bond acceptors (Lipinski definition) is 3. The highest BCUT2D eigenvalue weighted by Crippen LogP contribution is 2.31. The second-order valence-corrected chi connectivity index (χ2v) is 5.38. The molecule has 1 aliphatic rings. The quantitative estimate of drug-likeness (QED) is 0.922. The van der Waals surface area contributed by atoms with E-state index in [0.717, 1.165) is 29.5 Å². The number of H-pyrrole nitrogens is 1. The summed E-state index contributed by atoms with van der Waals surface area (Å²) in [5.41, 5.74) is 2.08. The summed E-state index contributed by atoms with van der Waals surface area (Å²) in [6, 6.07) is 2.08. The van der Waals surface area contributed by atoms with Crippen molar-refractivity contribution in [2.24, 2.45) is 7.05 Å². The van der Waals surface area contributed by atoms with Crippen LogP contribution in [-0.4, -0.2) is 25.0 Å². The second-order valence-electron chi connectivity index (χ2n) is 5.38. The lowest BCUT2D eigenvalue weighted by Crippen LogP contribution is -2.06. The van der Waals surface area contributed by atoms with Crippen molar-refractivity contribution < 1.29 is 0 Å². The molecule has 19 heavy (non-hydrogen) atoms. The summed E-state index contributed by atoms with van der Waals surface area (Å²) in [5, 5.41) is 11.9. The predicted octanol–water partition coefficient (Wildman–Crippen LogP) is 2.82. The van der Waals surface area contributed by atoms with Crippen molar-refractivity contribution in [2.45, 2.75) is 51.4 Å². The molecule has 0 aliphatic heterocycles. The van der Waals surface area contributed by atoms with Gasteiger partial charge in [0.1, 0.15) is 11.5 Å². The van der Waals surface area contributed by atoms with Gasteiger partial charge in [0.25, 0.3) is 0 Å². The second kappa shape index (κ2) is 5.15. The molecule has 0 radical (unpaired) electrons. The minimum atomic E-state index is 0.564. The standard InChI is InChI=1S/C14H21N5/c1-3-11-9-12(19(2)18-11)14-15-13(16-17-14)10-7-5-4-6-8-10/h9-10H,3-8H2,1-2H3,(H,15,16,17). The monoisotopic (exact) mass is 259 g/mol. The summed E-state index contributed by atoms with van der Waals surface area (Å²) in [7, 11) is 1.95. The molecule has 0 spiro atoms. The fraction of sp³-hybridized carbons (Fsp3) is 0.643. The first kappa shape index (κ1) is 12.4. The van der Waals surface area contributed by atoms with Gasteiger partial charge in [-0.15, -0.1) is 0 Å². The molecular formula is C14H21N5. The zero-order valence-electron chi connectivity index (χ0n) is 11.7. The molecule has 0 atom stereocenters. The molecular weight excluding hydrogens is 238 g/mol. The van der Waals surface area contributed by atoms with Crippen LogP contribution in [0, 0.1) is 0 Å². The predicted molar refractivity (Wildman–Crippen MR) is 73.8 cm³/mol. The Bertz CT molecular complexity index is 548. The summed E-state index contributed by atoms with van der Waals surface area (Å²) in [5.74, 6) is 2.39. The fourth-order valence-corrected chi connectivity index (χ4v) is 2.86. The Morgan fingerprint density at radius 2 is 2.11 bits per heavy atom. The van der Waals surface area contributed by atoms with Gasteiger partial charge < -0.3 is 0 Å². The minimum absolute atomic E-state index is 0.564. The molecule has 1 N–H and O–H groups in total. The van der Waals surface area contributed by atoms with E-state index in [-0.39, 0.29) is 0 Å². The molecule has 2 aromatic heterocycles. The van der Waals surface area contributed by atoms with Crippen molar-refractivity contribution in [1.82, 2.24) is 25.0 Å². The van der Waals surface area contributed by atoms with Gasteiger partial charge in [0.15, 0.2) is 5.82 Å². The largest absolute Gasteiger partial charge is 0.264 e. The van der Waals surface area contributed by atoms with Gasteiger partial charge in [-0.25, -0.2) is 4.98 Å². The summed E-state index contributed by atoms with van der Waals surface area (Å²) >= 11 is 0. The smallest absolute Gasteiger partial charge is 0.199 e. The van der Waals surface area contributed by atoms with E-state index < -0.39 is 0 Å². The Morgan fingerprint density at radius 3 is 2.79 bits per heavy atom. The van der Waals surface area contributed by atoms with Gasteiger partial charge in [-0.1, -0.05) is 26.2 Å². The van der Waals surface area contributed by atoms with E-state index in [1.54, 1.807) is 0 Å². The van der Waals surface area contributed by atoms with Crippen LogP contribution in [-0.2, 0) is 13.5 Å². The molecule has 102 valence electrons. The first-order chi connectivity index (χ1) is 9.28. The van der Waals surface area contributed by atoms with Crippen LogP contribution in [0.4, 0.5) is 0 Å². The number of nitrogens with one attached hydrogen (secondary N) is 1. The summed E-state index contributed by atoms with van der Waals surface area (Å²) in [6.07, 6.45) is 7.39. The van der Waals surface area contributed by atoms with Gasteiger partial charge in [0.2, 0.25) is 0 Å². The van der Waals surface area contributed by atoms with E-state index in [4.69, 9.17) is 0 Å². The molecule has 3 rings (SSSR count). The highest BCUT2D eigenvalue weighted by atomic mass is 15.3. The molecule has 1 aliphatic carbocycles. The maximum Gasteiger partial charge on any atom is 0.199 e. The molecule has 0 bridgehead atoms. The first-order valence-corrected chi connectivity index (χ1v) is 7.23. The Balaban J connectivity index is 1.85. The Kier molecular flexibility index (Phi) is 3.36. The van der Waals surface area contributed by atoms with Crippen molar-refractivity contribution in [3.63, 3.8) is 0 Å². The Labute approximate surface area is 113 Å². The average Bonchev–Trinajstić information content (AvgIpc) is 3.06. The zero-order valence-corrected chi connectivity index (χ0v) is 11.7. The zero-order chi connectivity index (χ0) is 13.2. The maximum absolute atomic E-state index is 4.69. The van der Waals surface area contributed by atoms with E-state index in [2.05, 4.69) is 33.3 Å². The molecule has 1 saturated carbocycles. The highest BCUT2D eigenvalue weighted by Gasteiger charge is 2.20. The normalized spacial score (nSPS) is 16.9. The van der Waals surface area contributed by atoms with E-state index >= 15 is 0 Å². The first-order valence-electron chi connectivity index (χ1n) is 7.23. The number of nitrogens with zero attached hydrogens (tertiary/aromatic N) is 4. The minimum Gasteiger partial charge on any atom is -0.264 e. The van der Waals surface area contributed by atoms with Crippen molar-refractivity contribution in [3.8, 4) is 11.5 Å². The molecule has 5 nitrogen and oxygen atoms in total. The Morgan fingerprint density at radius 1 is 1.32 bits per heavy atom. The van der Waals surface area contributed by atoms with Crippen LogP contribution in [0.15, 0.2) is 6.07 Å². The Hall–Kier alpha value is -1.65. The summed E-state index contributed by atoms with van der Waals surface area (Å²) < 4.78 is 1.87. The van der Waals surface area contributed by atoms with Gasteiger partial charge in [-0.05, 0) is 25.3 Å². The number of aryl methyl sites for hydroxylation is 2. The molecule has 0 unspecified atom stereocenters. The molecule has 5 heteroatoms. The summed E-state index contributed by atoms with van der Waals surface area (Å²) in [6.45, 7) is 2.11. The molecule has 0 amide bonds. The highest BCUT2D eigenvalue weighted by molar-refractivity contribution is 5.49. The van der Waals surface area contributed by atoms with E-state index in [0.29, 0.717) is 5.92 Å². The van der Waals surface area contributed by atoms with Crippen molar-refractivity contribution in [2.75, 3.05) is 0 Å². The topological polar surface area (TPSA) is 59.4 Å². The molecule has 0 saturated heterocycles. The molecule has 0 aromatic carbocycles. The van der Waals surface area contributed by atoms with Crippen LogP contribution < -0.4 is 0 Å². The number of rotatable bonds is 3. The van der Waals surface area contributed by atoms with Crippen LogP contribution in [0.2, 0.25) is 0 Å². The van der Waals surface area contributed by atoms with Gasteiger partial charge in [-0.3, -0.25) is 9.78 Å². The van der Waals surface area contributed by atoms with Crippen molar-refractivity contribution in [3.05, 3.63) is 17.6 Å². The van der Waals surface area contributed by atoms with Crippen molar-refractivity contribution in [1.29, 1.82) is 0 Å². The third-order valence-electron chi connectivity index (χ3n) is 4.02.